The predicted octanol–water partition coefficient (Wildman–Crippen LogP) is 0.967. The number of carbonyl (C=O) groups is 1. The number of hydrogen-bond donors (Lipinski definition) is 5. The van der Waals surface area contributed by atoms with Crippen LogP contribution in [-0.2, 0) is 25.5 Å². The van der Waals surface area contributed by atoms with Crippen LogP contribution in [0.4, 0.5) is 0 Å². The lowest BCUT2D eigenvalue weighted by molar-refractivity contribution is -0.257. The predicted molar refractivity (Wildman–Crippen MR) is 151 cm³/mol. The number of carbonyl (C=O) groups excluding carboxylic acids is 1. The van der Waals surface area contributed by atoms with Gasteiger partial charge in [-0.1, -0.05) is 42.5 Å². The Hall–Kier alpha value is -3.91. The fraction of sp³-hybridized carbons (Fsp3) is 0.406. The highest BCUT2D eigenvalue weighted by Gasteiger charge is 2.78. The van der Waals surface area contributed by atoms with Crippen LogP contribution in [0.3, 0.4) is 0 Å². The molecule has 7 rings (SSSR count). The van der Waals surface area contributed by atoms with Crippen LogP contribution in [0.25, 0.3) is 0 Å². The number of amides is 1. The molecule has 1 saturated carbocycles. The molecule has 6 N–H and O–H groups in total. The van der Waals surface area contributed by atoms with Gasteiger partial charge >= 0.3 is 0 Å². The summed E-state index contributed by atoms with van der Waals surface area (Å²) in [6.45, 7) is -0.573. The van der Waals surface area contributed by atoms with Gasteiger partial charge in [-0.05, 0) is 23.3 Å². The molecular formula is C32H33NO11. The lowest BCUT2D eigenvalue weighted by atomic mass is 9.70. The van der Waals surface area contributed by atoms with E-state index < -0.39 is 66.3 Å². The molecule has 0 aromatic heterocycles. The lowest BCUT2D eigenvalue weighted by Crippen LogP contribution is -2.52. The van der Waals surface area contributed by atoms with E-state index in [9.17, 15) is 25.2 Å². The molecular weight excluding hydrogens is 574 g/mol. The van der Waals surface area contributed by atoms with E-state index in [0.29, 0.717) is 28.2 Å². The van der Waals surface area contributed by atoms with E-state index in [1.54, 1.807) is 54.6 Å². The summed E-state index contributed by atoms with van der Waals surface area (Å²) < 4.78 is 36.2. The molecule has 12 heteroatoms. The van der Waals surface area contributed by atoms with Crippen LogP contribution >= 0.6 is 0 Å². The Labute approximate surface area is 252 Å². The second kappa shape index (κ2) is 10.3. The molecule has 44 heavy (non-hydrogen) atoms. The summed E-state index contributed by atoms with van der Waals surface area (Å²) in [6.07, 6.45) is -5.57. The minimum Gasteiger partial charge on any atom is -0.497 e. The minimum atomic E-state index is -2.26. The second-order valence-electron chi connectivity index (χ2n) is 11.5. The smallest absolute Gasteiger partial charge is 0.231 e. The van der Waals surface area contributed by atoms with E-state index in [1.165, 1.54) is 14.2 Å². The molecule has 3 aliphatic heterocycles. The third kappa shape index (κ3) is 3.69. The van der Waals surface area contributed by atoms with Crippen molar-refractivity contribution >= 4 is 5.91 Å². The molecule has 0 radical (unpaired) electrons. The van der Waals surface area contributed by atoms with Gasteiger partial charge in [0.05, 0.1) is 44.5 Å². The van der Waals surface area contributed by atoms with Crippen LogP contribution in [0.2, 0.25) is 0 Å². The zero-order valence-corrected chi connectivity index (χ0v) is 24.0. The third-order valence-electron chi connectivity index (χ3n) is 9.38. The minimum absolute atomic E-state index is 0.0507. The molecule has 1 amide bonds. The van der Waals surface area contributed by atoms with Crippen molar-refractivity contribution in [3.63, 3.8) is 0 Å². The number of nitrogens with two attached hydrogens (primary N) is 1. The molecule has 0 unspecified atom stereocenters. The molecule has 1 aliphatic carbocycles. The number of benzene rings is 3. The average Bonchev–Trinajstić information content (AvgIpc) is 3.61. The number of aliphatic hydroxyl groups is 4. The number of primary amides is 1. The topological polar surface area (TPSA) is 179 Å². The molecule has 232 valence electrons. The van der Waals surface area contributed by atoms with Crippen molar-refractivity contribution in [3.05, 3.63) is 82.9 Å². The zero-order valence-electron chi connectivity index (χ0n) is 24.0. The molecule has 2 fully saturated rings. The van der Waals surface area contributed by atoms with Crippen LogP contribution in [0.5, 0.6) is 23.0 Å². The first-order valence-corrected chi connectivity index (χ1v) is 14.3. The molecule has 4 aliphatic rings. The van der Waals surface area contributed by atoms with Gasteiger partial charge in [0.2, 0.25) is 12.2 Å². The standard InChI is InChI=1S/C32H33NO11/c1-39-17-10-8-16(9-11-17)32-24(15-6-4-3-5-7-15)23(29(33)37)28(36)31(32,38)25-20(44-32)12-19-22(26(25)40-2)27-30(42-19)43-21(14-41-27)18(35)13-34/h3-12,18,21,23-24,27-28,30,34-36,38H,13-14H2,1-2H3,(H2,33,37)/t18-,21-,23-,24-,27-,28-,30-,31+,32+/m1/s1. The number of methoxy groups -OCH3 is 2. The second-order valence-corrected chi connectivity index (χ2v) is 11.5. The Bertz CT molecular complexity index is 1580. The highest BCUT2D eigenvalue weighted by atomic mass is 16.7. The highest BCUT2D eigenvalue weighted by Crippen LogP contribution is 2.71. The highest BCUT2D eigenvalue weighted by molar-refractivity contribution is 5.82. The Morgan fingerprint density at radius 3 is 2.45 bits per heavy atom. The maximum atomic E-state index is 13.1. The fourth-order valence-electron chi connectivity index (χ4n) is 7.48. The summed E-state index contributed by atoms with van der Waals surface area (Å²) in [7, 11) is 2.94. The molecule has 0 spiro atoms. The van der Waals surface area contributed by atoms with Gasteiger partial charge in [0.1, 0.15) is 41.3 Å². The van der Waals surface area contributed by atoms with E-state index in [2.05, 4.69) is 0 Å². The molecule has 3 aromatic carbocycles. The van der Waals surface area contributed by atoms with Crippen LogP contribution in [0.1, 0.15) is 34.3 Å². The summed E-state index contributed by atoms with van der Waals surface area (Å²) in [5.74, 6) is -1.88. The van der Waals surface area contributed by atoms with Crippen molar-refractivity contribution in [1.82, 2.24) is 0 Å². The Balaban J connectivity index is 1.45. The van der Waals surface area contributed by atoms with Crippen molar-refractivity contribution < 1.29 is 53.6 Å². The quantitative estimate of drug-likeness (QED) is 0.258. The Morgan fingerprint density at radius 2 is 1.82 bits per heavy atom. The van der Waals surface area contributed by atoms with Gasteiger partial charge in [-0.25, -0.2) is 0 Å². The van der Waals surface area contributed by atoms with E-state index in [1.807, 2.05) is 6.07 Å². The number of ether oxygens (including phenoxy) is 6. The largest absolute Gasteiger partial charge is 0.497 e. The van der Waals surface area contributed by atoms with Crippen molar-refractivity contribution in [2.45, 2.75) is 47.8 Å². The van der Waals surface area contributed by atoms with Gasteiger partial charge in [-0.15, -0.1) is 0 Å². The van der Waals surface area contributed by atoms with Crippen molar-refractivity contribution in [3.8, 4) is 23.0 Å². The summed E-state index contributed by atoms with van der Waals surface area (Å²) >= 11 is 0. The van der Waals surface area contributed by atoms with Gasteiger partial charge in [-0.3, -0.25) is 4.79 Å². The fourth-order valence-corrected chi connectivity index (χ4v) is 7.48. The van der Waals surface area contributed by atoms with Crippen LogP contribution < -0.4 is 24.7 Å². The van der Waals surface area contributed by atoms with Gasteiger partial charge in [0, 0.05) is 12.0 Å². The maximum Gasteiger partial charge on any atom is 0.231 e. The molecule has 1 saturated heterocycles. The normalized spacial score (nSPS) is 33.7. The van der Waals surface area contributed by atoms with Crippen molar-refractivity contribution in [2.75, 3.05) is 27.4 Å². The molecule has 9 atom stereocenters. The molecule has 12 nitrogen and oxygen atoms in total. The third-order valence-corrected chi connectivity index (χ3v) is 9.38. The van der Waals surface area contributed by atoms with E-state index in [4.69, 9.17) is 34.2 Å². The SMILES string of the molecule is COc1ccc([C@@]23Oc4cc5c(c(OC)c4[C@]2(O)[C@H](O)[C@H](C(N)=O)[C@H]3c2ccccc2)[C@H]2OC[C@H]([C@H](O)CO)O[C@H]2O5)cc1. The molecule has 0 bridgehead atoms. The van der Waals surface area contributed by atoms with Gasteiger partial charge in [0.15, 0.2) is 17.3 Å². The summed E-state index contributed by atoms with van der Waals surface area (Å²) in [5, 5.41) is 44.6. The van der Waals surface area contributed by atoms with Crippen molar-refractivity contribution in [1.29, 1.82) is 0 Å². The number of hydrogen-bond acceptors (Lipinski definition) is 11. The Morgan fingerprint density at radius 1 is 1.09 bits per heavy atom. The summed E-state index contributed by atoms with van der Waals surface area (Å²) in [5.41, 5.74) is 3.54. The number of rotatable bonds is 7. The molecule has 3 aromatic rings. The maximum absolute atomic E-state index is 13.1. The van der Waals surface area contributed by atoms with Gasteiger partial charge in [-0.2, -0.15) is 0 Å². The average molecular weight is 608 g/mol. The first-order valence-electron chi connectivity index (χ1n) is 14.3. The number of fused-ring (bicyclic) bond motifs is 6. The van der Waals surface area contributed by atoms with Crippen LogP contribution in [0, 0.1) is 5.92 Å². The molecule has 3 heterocycles. The first-order chi connectivity index (χ1) is 21.2. The van der Waals surface area contributed by atoms with Crippen LogP contribution in [0.15, 0.2) is 60.7 Å². The lowest BCUT2D eigenvalue weighted by Gasteiger charge is -2.41. The summed E-state index contributed by atoms with van der Waals surface area (Å²) in [4.78, 5) is 13.1. The Kier molecular flexibility index (Phi) is 6.77. The van der Waals surface area contributed by atoms with Crippen LogP contribution in [-0.4, -0.2) is 78.4 Å². The summed E-state index contributed by atoms with van der Waals surface area (Å²) in [6, 6.07) is 17.4. The van der Waals surface area contributed by atoms with Gasteiger partial charge < -0.3 is 54.6 Å². The van der Waals surface area contributed by atoms with Crippen molar-refractivity contribution in [2.24, 2.45) is 11.7 Å². The van der Waals surface area contributed by atoms with E-state index in [-0.39, 0.29) is 23.7 Å². The monoisotopic (exact) mass is 607 g/mol. The first kappa shape index (κ1) is 28.8. The van der Waals surface area contributed by atoms with E-state index in [0.717, 1.165) is 0 Å². The zero-order chi connectivity index (χ0) is 31.0. The number of aliphatic hydroxyl groups excluding tert-OH is 3. The van der Waals surface area contributed by atoms with Gasteiger partial charge in [0.25, 0.3) is 0 Å². The van der Waals surface area contributed by atoms with E-state index >= 15 is 0 Å².